The van der Waals surface area contributed by atoms with Gasteiger partial charge in [0, 0.05) is 19.5 Å². The number of fused-ring (bicyclic) bond motifs is 6. The second-order valence-corrected chi connectivity index (χ2v) is 10.4. The minimum atomic E-state index is -3.54. The van der Waals surface area contributed by atoms with Crippen LogP contribution >= 0.6 is 7.14 Å². The van der Waals surface area contributed by atoms with Crippen LogP contribution in [-0.4, -0.2) is 27.8 Å². The van der Waals surface area contributed by atoms with Gasteiger partial charge in [0.05, 0.1) is 10.6 Å². The van der Waals surface area contributed by atoms with Crippen LogP contribution < -0.4 is 34.9 Å². The number of methoxy groups -OCH3 is 2. The fourth-order valence-electron chi connectivity index (χ4n) is 4.89. The maximum atomic E-state index is 15.6. The molecular formula is C24H21O7P. The lowest BCUT2D eigenvalue weighted by molar-refractivity contribution is -0.0385. The maximum absolute atomic E-state index is 15.6. The van der Waals surface area contributed by atoms with Gasteiger partial charge in [-0.2, -0.15) is 0 Å². The monoisotopic (exact) mass is 452 g/mol. The van der Waals surface area contributed by atoms with Gasteiger partial charge in [0.1, 0.15) is 12.2 Å². The van der Waals surface area contributed by atoms with Gasteiger partial charge in [0.15, 0.2) is 30.1 Å². The lowest BCUT2D eigenvalue weighted by Gasteiger charge is -2.25. The quantitative estimate of drug-likeness (QED) is 0.566. The maximum Gasteiger partial charge on any atom is 0.231 e. The van der Waals surface area contributed by atoms with Crippen LogP contribution in [0.2, 0.25) is 0 Å². The van der Waals surface area contributed by atoms with Crippen LogP contribution in [0.15, 0.2) is 54.6 Å². The summed E-state index contributed by atoms with van der Waals surface area (Å²) in [7, 11) is -0.299. The van der Waals surface area contributed by atoms with Gasteiger partial charge < -0.3 is 33.0 Å². The summed E-state index contributed by atoms with van der Waals surface area (Å²) < 4.78 is 50.6. The Bertz CT molecular complexity index is 1180. The van der Waals surface area contributed by atoms with Crippen molar-refractivity contribution in [3.05, 3.63) is 65.7 Å². The van der Waals surface area contributed by atoms with E-state index < -0.39 is 19.3 Å². The smallest absolute Gasteiger partial charge is 0.231 e. The van der Waals surface area contributed by atoms with Crippen molar-refractivity contribution in [3.63, 3.8) is 0 Å². The molecule has 32 heavy (non-hydrogen) atoms. The van der Waals surface area contributed by atoms with E-state index >= 15 is 4.57 Å². The summed E-state index contributed by atoms with van der Waals surface area (Å²) in [5.74, 6) is 2.04. The van der Waals surface area contributed by atoms with Crippen LogP contribution in [0.5, 0.6) is 23.0 Å². The van der Waals surface area contributed by atoms with Gasteiger partial charge in [-0.05, 0) is 23.3 Å². The third kappa shape index (κ3) is 2.53. The van der Waals surface area contributed by atoms with Gasteiger partial charge in [-0.25, -0.2) is 0 Å². The molecule has 7 nitrogen and oxygen atoms in total. The van der Waals surface area contributed by atoms with E-state index in [1.54, 1.807) is 14.2 Å². The zero-order valence-electron chi connectivity index (χ0n) is 17.6. The van der Waals surface area contributed by atoms with E-state index in [1.807, 2.05) is 54.6 Å². The molecule has 3 aromatic rings. The first-order chi connectivity index (χ1) is 15.7. The van der Waals surface area contributed by atoms with Crippen molar-refractivity contribution in [1.82, 2.24) is 0 Å². The van der Waals surface area contributed by atoms with Crippen LogP contribution in [0.4, 0.5) is 0 Å². The summed E-state index contributed by atoms with van der Waals surface area (Å²) in [4.78, 5) is 0. The fraction of sp³-hybridized carbons (Fsp3) is 0.250. The van der Waals surface area contributed by atoms with Crippen LogP contribution in [0, 0.1) is 0 Å². The van der Waals surface area contributed by atoms with E-state index in [9.17, 15) is 0 Å². The van der Waals surface area contributed by atoms with E-state index in [0.717, 1.165) is 11.1 Å². The summed E-state index contributed by atoms with van der Waals surface area (Å²) in [6, 6.07) is 16.8. The third-order valence-electron chi connectivity index (χ3n) is 6.23. The standard InChI is InChI=1S/C24H21O7P/c1-26-19-15-8-10-17-21(30-12-28-17)23(15)32(25,14-6-4-3-5-7-14)24-16(20(19)27-2)9-11-18-22(24)31-13-29-18/h3-11,19-20H,12-13H2,1-2H3/t19-,20-/m1/s1. The Morgan fingerprint density at radius 3 is 1.69 bits per heavy atom. The highest BCUT2D eigenvalue weighted by Crippen LogP contribution is 2.58. The summed E-state index contributed by atoms with van der Waals surface area (Å²) in [5, 5.41) is 1.76. The average molecular weight is 452 g/mol. The Labute approximate surface area is 185 Å². The molecule has 3 aliphatic rings. The van der Waals surface area contributed by atoms with Crippen LogP contribution in [0.25, 0.3) is 0 Å². The Kier molecular flexibility index (Phi) is 4.47. The van der Waals surface area contributed by atoms with E-state index in [1.165, 1.54) is 0 Å². The molecule has 0 aliphatic carbocycles. The molecular weight excluding hydrogens is 431 g/mol. The van der Waals surface area contributed by atoms with Crippen molar-refractivity contribution >= 4 is 23.1 Å². The molecule has 2 atom stereocenters. The van der Waals surface area contributed by atoms with Crippen molar-refractivity contribution in [2.45, 2.75) is 12.2 Å². The van der Waals surface area contributed by atoms with E-state index in [4.69, 9.17) is 28.4 Å². The molecule has 3 aromatic carbocycles. The first kappa shape index (κ1) is 19.7. The number of hydrogen-bond acceptors (Lipinski definition) is 7. The van der Waals surface area contributed by atoms with Gasteiger partial charge in [-0.1, -0.05) is 42.5 Å². The van der Waals surface area contributed by atoms with Crippen molar-refractivity contribution in [2.75, 3.05) is 27.8 Å². The minimum absolute atomic E-state index is 0.0608. The molecule has 0 amide bonds. The highest BCUT2D eigenvalue weighted by Gasteiger charge is 2.49. The third-order valence-corrected chi connectivity index (χ3v) is 9.44. The molecule has 0 fully saturated rings. The molecule has 164 valence electrons. The second-order valence-electron chi connectivity index (χ2n) is 7.73. The zero-order valence-corrected chi connectivity index (χ0v) is 18.5. The Morgan fingerprint density at radius 1 is 0.719 bits per heavy atom. The molecule has 0 bridgehead atoms. The predicted octanol–water partition coefficient (Wildman–Crippen LogP) is 3.17. The van der Waals surface area contributed by atoms with Gasteiger partial charge in [-0.3, -0.25) is 0 Å². The predicted molar refractivity (Wildman–Crippen MR) is 118 cm³/mol. The molecule has 3 heterocycles. The molecule has 6 rings (SSSR count). The normalized spacial score (nSPS) is 21.6. The number of ether oxygens (including phenoxy) is 6. The summed E-state index contributed by atoms with van der Waals surface area (Å²) in [6.07, 6.45) is -1.05. The molecule has 0 N–H and O–H groups in total. The highest BCUT2D eigenvalue weighted by molar-refractivity contribution is 7.86. The zero-order chi connectivity index (χ0) is 21.9. The second kappa shape index (κ2) is 7.27. The van der Waals surface area contributed by atoms with Crippen molar-refractivity contribution in [2.24, 2.45) is 0 Å². The first-order valence-corrected chi connectivity index (χ1v) is 12.0. The fourth-order valence-corrected chi connectivity index (χ4v) is 8.27. The van der Waals surface area contributed by atoms with Gasteiger partial charge in [0.25, 0.3) is 0 Å². The van der Waals surface area contributed by atoms with E-state index in [2.05, 4.69) is 0 Å². The summed E-state index contributed by atoms with van der Waals surface area (Å²) >= 11 is 0. The van der Waals surface area contributed by atoms with E-state index in [0.29, 0.717) is 38.9 Å². The van der Waals surface area contributed by atoms with E-state index in [-0.39, 0.29) is 13.6 Å². The molecule has 0 radical (unpaired) electrons. The van der Waals surface area contributed by atoms with Crippen molar-refractivity contribution in [1.29, 1.82) is 0 Å². The minimum Gasteiger partial charge on any atom is -0.454 e. The van der Waals surface area contributed by atoms with Crippen LogP contribution in [-0.2, 0) is 14.0 Å². The molecule has 0 saturated heterocycles. The lowest BCUT2D eigenvalue weighted by Crippen LogP contribution is -2.29. The van der Waals surface area contributed by atoms with Crippen molar-refractivity contribution in [3.8, 4) is 23.0 Å². The first-order valence-electron chi connectivity index (χ1n) is 10.3. The van der Waals surface area contributed by atoms with Gasteiger partial charge in [0.2, 0.25) is 13.6 Å². The largest absolute Gasteiger partial charge is 0.454 e. The average Bonchev–Trinajstić information content (AvgIpc) is 3.49. The van der Waals surface area contributed by atoms with Crippen LogP contribution in [0.1, 0.15) is 23.3 Å². The molecule has 0 unspecified atom stereocenters. The molecule has 0 spiro atoms. The Morgan fingerprint density at radius 2 is 1.22 bits per heavy atom. The summed E-state index contributed by atoms with van der Waals surface area (Å²) in [6.45, 7) is 0.122. The topological polar surface area (TPSA) is 72.5 Å². The number of hydrogen-bond donors (Lipinski definition) is 0. The SMILES string of the molecule is CO[C@@H]1c2ccc3c(c2P(=O)(c2ccccc2)c2c(ccc4c2OCO4)[C@H]1OC)OCO3. The van der Waals surface area contributed by atoms with Crippen molar-refractivity contribution < 1.29 is 33.0 Å². The molecule has 0 saturated carbocycles. The molecule has 3 aliphatic heterocycles. The molecule has 8 heteroatoms. The van der Waals surface area contributed by atoms with Crippen LogP contribution in [0.3, 0.4) is 0 Å². The van der Waals surface area contributed by atoms with Gasteiger partial charge >= 0.3 is 0 Å². The lowest BCUT2D eigenvalue weighted by atomic mass is 9.97. The Hall–Kier alpha value is -2.99. The van der Waals surface area contributed by atoms with Gasteiger partial charge in [-0.15, -0.1) is 0 Å². The Balaban J connectivity index is 1.82. The molecule has 0 aromatic heterocycles. The number of benzene rings is 3. The highest BCUT2D eigenvalue weighted by atomic mass is 31.2. The number of rotatable bonds is 3. The summed E-state index contributed by atoms with van der Waals surface area (Å²) in [5.41, 5.74) is 1.47.